The van der Waals surface area contributed by atoms with Crippen molar-refractivity contribution in [1.82, 2.24) is 24.7 Å². The van der Waals surface area contributed by atoms with Crippen LogP contribution in [-0.2, 0) is 21.4 Å². The topological polar surface area (TPSA) is 121 Å². The number of likely N-dealkylation sites (tertiary alicyclic amines) is 1. The van der Waals surface area contributed by atoms with Crippen molar-refractivity contribution in [3.63, 3.8) is 0 Å². The van der Waals surface area contributed by atoms with Crippen molar-refractivity contribution in [2.24, 2.45) is 0 Å². The third kappa shape index (κ3) is 3.51. The Morgan fingerprint density at radius 1 is 1.30 bits per heavy atom. The Balaban J connectivity index is 1.28. The van der Waals surface area contributed by atoms with Crippen molar-refractivity contribution in [3.05, 3.63) is 54.7 Å². The number of sulfonamides is 1. The van der Waals surface area contributed by atoms with E-state index in [9.17, 15) is 13.2 Å². The minimum atomic E-state index is -3.82. The molecule has 0 aromatic carbocycles. The van der Waals surface area contributed by atoms with E-state index in [1.54, 1.807) is 29.4 Å². The summed E-state index contributed by atoms with van der Waals surface area (Å²) in [6, 6.07) is 7.88. The molecule has 0 saturated carbocycles. The van der Waals surface area contributed by atoms with Gasteiger partial charge in [0.05, 0.1) is 11.4 Å². The number of hydrogen-bond donors (Lipinski definition) is 2. The molecule has 1 saturated heterocycles. The second kappa shape index (κ2) is 7.35. The molecule has 4 aromatic heterocycles. The molecule has 0 spiro atoms. The fourth-order valence-electron chi connectivity index (χ4n) is 3.52. The molecule has 0 aliphatic carbocycles. The molecule has 0 unspecified atom stereocenters. The van der Waals surface area contributed by atoms with Crippen LogP contribution in [0.3, 0.4) is 0 Å². The number of nitrogens with zero attached hydrogens (tertiary/aromatic N) is 3. The van der Waals surface area contributed by atoms with Gasteiger partial charge in [0.2, 0.25) is 5.91 Å². The number of nitrogens with one attached hydrogen (secondary N) is 2. The summed E-state index contributed by atoms with van der Waals surface area (Å²) in [6.07, 6.45) is 5.30. The van der Waals surface area contributed by atoms with Crippen molar-refractivity contribution in [3.8, 4) is 10.6 Å². The van der Waals surface area contributed by atoms with Gasteiger partial charge in [0.25, 0.3) is 10.0 Å². The van der Waals surface area contributed by atoms with Gasteiger partial charge in [-0.3, -0.25) is 9.78 Å². The molecule has 1 amide bonds. The van der Waals surface area contributed by atoms with Crippen LogP contribution in [0.1, 0.15) is 12.1 Å². The molecule has 154 valence electrons. The molecule has 0 bridgehead atoms. The van der Waals surface area contributed by atoms with Gasteiger partial charge in [-0.25, -0.2) is 8.42 Å². The molecule has 1 aliphatic rings. The Morgan fingerprint density at radius 3 is 3.00 bits per heavy atom. The maximum atomic E-state index is 12.8. The number of aromatic nitrogens is 3. The van der Waals surface area contributed by atoms with Gasteiger partial charge < -0.3 is 14.4 Å². The second-order valence-electron chi connectivity index (χ2n) is 6.98. The molecular weight excluding hydrogens is 426 g/mol. The fraction of sp³-hybridized carbons (Fsp3) is 0.211. The summed E-state index contributed by atoms with van der Waals surface area (Å²) in [7, 11) is -3.82. The smallest absolute Gasteiger partial charge is 0.250 e. The van der Waals surface area contributed by atoms with Gasteiger partial charge in [-0.2, -0.15) is 4.72 Å². The van der Waals surface area contributed by atoms with Crippen LogP contribution in [0.5, 0.6) is 0 Å². The van der Waals surface area contributed by atoms with Gasteiger partial charge in [-0.15, -0.1) is 11.3 Å². The van der Waals surface area contributed by atoms with E-state index in [1.807, 2.05) is 12.1 Å². The molecule has 11 heteroatoms. The molecule has 1 atom stereocenters. The number of fused-ring (bicyclic) bond motifs is 1. The lowest BCUT2D eigenvalue weighted by atomic mass is 10.3. The maximum Gasteiger partial charge on any atom is 0.250 e. The molecule has 0 radical (unpaired) electrons. The molecule has 5 heterocycles. The summed E-state index contributed by atoms with van der Waals surface area (Å²) in [4.78, 5) is 22.5. The lowest BCUT2D eigenvalue weighted by Crippen LogP contribution is -2.41. The second-order valence-corrected chi connectivity index (χ2v) is 10.0. The summed E-state index contributed by atoms with van der Waals surface area (Å²) in [6.45, 7) is 0.870. The molecule has 4 aromatic rings. The zero-order chi connectivity index (χ0) is 20.7. The largest absolute Gasteiger partial charge is 0.364 e. The van der Waals surface area contributed by atoms with Gasteiger partial charge in [0, 0.05) is 41.6 Å². The highest BCUT2D eigenvalue weighted by atomic mass is 32.2. The van der Waals surface area contributed by atoms with E-state index in [2.05, 4.69) is 19.8 Å². The molecule has 30 heavy (non-hydrogen) atoms. The first-order valence-corrected chi connectivity index (χ1v) is 11.5. The number of carbonyl (C=O) groups excluding carboxylic acids is 1. The summed E-state index contributed by atoms with van der Waals surface area (Å²) in [5, 5.41) is 4.78. The van der Waals surface area contributed by atoms with E-state index in [0.29, 0.717) is 30.1 Å². The van der Waals surface area contributed by atoms with Crippen LogP contribution in [0, 0.1) is 0 Å². The lowest BCUT2D eigenvalue weighted by Gasteiger charge is -2.16. The van der Waals surface area contributed by atoms with Gasteiger partial charge in [0.15, 0.2) is 0 Å². The SMILES string of the molecule is O=C1[C@@H](NS(=O)(=O)c2ccc(-c3ccon3)s2)CCN1Cc1cc2cnccc2[nH]1. The summed E-state index contributed by atoms with van der Waals surface area (Å²) < 4.78 is 33.0. The standard InChI is InChI=1S/C19H17N5O4S2/c25-19-16(4-7-24(19)11-13-9-12-10-20-6-3-14(12)21-13)23-30(26,27)18-2-1-17(29-18)15-5-8-28-22-15/h1-3,5-6,8-10,16,21,23H,4,7,11H2/t16-/m0/s1. The number of carbonyl (C=O) groups is 1. The van der Waals surface area contributed by atoms with Crippen LogP contribution in [-0.4, -0.2) is 46.9 Å². The Bertz CT molecular complexity index is 1280. The van der Waals surface area contributed by atoms with Crippen molar-refractivity contribution in [1.29, 1.82) is 0 Å². The van der Waals surface area contributed by atoms with Crippen molar-refractivity contribution in [2.45, 2.75) is 23.2 Å². The van der Waals surface area contributed by atoms with Crippen LogP contribution >= 0.6 is 11.3 Å². The van der Waals surface area contributed by atoms with Gasteiger partial charge in [0.1, 0.15) is 22.2 Å². The highest BCUT2D eigenvalue weighted by molar-refractivity contribution is 7.91. The van der Waals surface area contributed by atoms with E-state index in [0.717, 1.165) is 27.9 Å². The Kier molecular flexibility index (Phi) is 4.65. The van der Waals surface area contributed by atoms with E-state index >= 15 is 0 Å². The normalized spacial score (nSPS) is 17.3. The monoisotopic (exact) mass is 443 g/mol. The summed E-state index contributed by atoms with van der Waals surface area (Å²) >= 11 is 1.08. The van der Waals surface area contributed by atoms with Crippen LogP contribution < -0.4 is 4.72 Å². The summed E-state index contributed by atoms with van der Waals surface area (Å²) in [5.41, 5.74) is 2.40. The number of aromatic amines is 1. The quantitative estimate of drug-likeness (QED) is 0.472. The highest BCUT2D eigenvalue weighted by Crippen LogP contribution is 2.30. The third-order valence-electron chi connectivity index (χ3n) is 4.97. The predicted octanol–water partition coefficient (Wildman–Crippen LogP) is 2.36. The van der Waals surface area contributed by atoms with Gasteiger partial charge in [-0.1, -0.05) is 5.16 Å². The molecule has 9 nitrogen and oxygen atoms in total. The molecule has 5 rings (SSSR count). The van der Waals surface area contributed by atoms with Crippen LogP contribution in [0.4, 0.5) is 0 Å². The van der Waals surface area contributed by atoms with Gasteiger partial charge >= 0.3 is 0 Å². The first-order chi connectivity index (χ1) is 14.5. The number of amides is 1. The Hall–Kier alpha value is -3.02. The average Bonchev–Trinajstić information content (AvgIpc) is 3.50. The number of hydrogen-bond acceptors (Lipinski definition) is 7. The maximum absolute atomic E-state index is 12.8. The van der Waals surface area contributed by atoms with E-state index in [4.69, 9.17) is 4.52 Å². The molecule has 1 fully saturated rings. The Morgan fingerprint density at radius 2 is 2.20 bits per heavy atom. The molecule has 2 N–H and O–H groups in total. The first kappa shape index (κ1) is 19.0. The fourth-order valence-corrected chi connectivity index (χ4v) is 6.02. The van der Waals surface area contributed by atoms with E-state index in [1.165, 1.54) is 12.3 Å². The molecule has 1 aliphatic heterocycles. The lowest BCUT2D eigenvalue weighted by molar-refractivity contribution is -0.129. The zero-order valence-electron chi connectivity index (χ0n) is 15.6. The number of H-pyrrole nitrogens is 1. The minimum Gasteiger partial charge on any atom is -0.364 e. The van der Waals surface area contributed by atoms with E-state index in [-0.39, 0.29) is 10.1 Å². The minimum absolute atomic E-state index is 0.134. The van der Waals surface area contributed by atoms with Crippen LogP contribution in [0.15, 0.2) is 57.7 Å². The average molecular weight is 444 g/mol. The Labute approximate surface area is 175 Å². The predicted molar refractivity (Wildman–Crippen MR) is 110 cm³/mol. The number of thiophene rings is 1. The van der Waals surface area contributed by atoms with Crippen molar-refractivity contribution >= 4 is 38.2 Å². The first-order valence-electron chi connectivity index (χ1n) is 9.23. The van der Waals surface area contributed by atoms with Crippen molar-refractivity contribution < 1.29 is 17.7 Å². The number of pyridine rings is 1. The van der Waals surface area contributed by atoms with Crippen molar-refractivity contribution in [2.75, 3.05) is 6.54 Å². The number of rotatable bonds is 6. The van der Waals surface area contributed by atoms with E-state index < -0.39 is 16.1 Å². The summed E-state index contributed by atoms with van der Waals surface area (Å²) in [5.74, 6) is -0.233. The third-order valence-corrected chi connectivity index (χ3v) is 8.04. The highest BCUT2D eigenvalue weighted by Gasteiger charge is 2.35. The van der Waals surface area contributed by atoms with Crippen LogP contribution in [0.2, 0.25) is 0 Å². The van der Waals surface area contributed by atoms with Crippen LogP contribution in [0.25, 0.3) is 21.5 Å². The molecular formula is C19H17N5O4S2. The van der Waals surface area contributed by atoms with Gasteiger partial charge in [-0.05, 0) is 30.7 Å². The zero-order valence-corrected chi connectivity index (χ0v) is 17.2.